The van der Waals surface area contributed by atoms with Crippen molar-refractivity contribution < 1.29 is 9.72 Å². The van der Waals surface area contributed by atoms with Gasteiger partial charge in [-0.05, 0) is 12.1 Å². The van der Waals surface area contributed by atoms with E-state index in [0.717, 1.165) is 0 Å². The molecule has 2 aromatic carbocycles. The third-order valence-corrected chi connectivity index (χ3v) is 3.24. The lowest BCUT2D eigenvalue weighted by Crippen LogP contribution is -2.24. The molecule has 1 amide bonds. The molecule has 6 nitrogen and oxygen atoms in total. The maximum absolute atomic E-state index is 12.1. The van der Waals surface area contributed by atoms with Crippen LogP contribution in [0.5, 0.6) is 0 Å². The van der Waals surface area contributed by atoms with Crippen LogP contribution in [0.2, 0.25) is 0 Å². The quantitative estimate of drug-likeness (QED) is 0.467. The maximum atomic E-state index is 12.1. The summed E-state index contributed by atoms with van der Waals surface area (Å²) in [6, 6.07) is 13.5. The molecule has 0 heterocycles. The fraction of sp³-hybridized carbons (Fsp3) is 0.118. The predicted molar refractivity (Wildman–Crippen MR) is 89.4 cm³/mol. The number of nitrogens with one attached hydrogen (secondary N) is 2. The van der Waals surface area contributed by atoms with Crippen molar-refractivity contribution in [3.05, 3.63) is 82.4 Å². The van der Waals surface area contributed by atoms with Crippen LogP contribution in [-0.2, 0) is 6.54 Å². The van der Waals surface area contributed by atoms with E-state index >= 15 is 0 Å². The van der Waals surface area contributed by atoms with Crippen LogP contribution in [0.3, 0.4) is 0 Å². The Hall–Kier alpha value is -3.15. The second kappa shape index (κ2) is 7.74. The highest BCUT2D eigenvalue weighted by Gasteiger charge is 2.14. The number of benzene rings is 2. The van der Waals surface area contributed by atoms with Crippen LogP contribution in [-0.4, -0.2) is 17.4 Å². The molecule has 2 rings (SSSR count). The smallest absolute Gasteiger partial charge is 0.274 e. The normalized spacial score (nSPS) is 9.91. The molecule has 0 atom stereocenters. The van der Waals surface area contributed by atoms with Gasteiger partial charge in [-0.2, -0.15) is 0 Å². The highest BCUT2D eigenvalue weighted by Crippen LogP contribution is 2.21. The predicted octanol–water partition coefficient (Wildman–Crippen LogP) is 3.12. The zero-order valence-corrected chi connectivity index (χ0v) is 12.5. The van der Waals surface area contributed by atoms with Crippen molar-refractivity contribution in [2.24, 2.45) is 0 Å². The van der Waals surface area contributed by atoms with Crippen molar-refractivity contribution in [2.75, 3.05) is 11.9 Å². The van der Waals surface area contributed by atoms with E-state index in [1.165, 1.54) is 6.07 Å². The first-order chi connectivity index (χ1) is 11.1. The summed E-state index contributed by atoms with van der Waals surface area (Å²) in [5.74, 6) is -0.226. The minimum Gasteiger partial charge on any atom is -0.380 e. The van der Waals surface area contributed by atoms with Crippen molar-refractivity contribution in [1.29, 1.82) is 0 Å². The minimum absolute atomic E-state index is 0.0496. The lowest BCUT2D eigenvalue weighted by atomic mass is 10.1. The van der Waals surface area contributed by atoms with E-state index in [1.807, 2.05) is 0 Å². The number of nitro groups is 1. The van der Waals surface area contributed by atoms with Gasteiger partial charge >= 0.3 is 0 Å². The Morgan fingerprint density at radius 2 is 1.87 bits per heavy atom. The standard InChI is InChI=1S/C17H17N3O3/c1-2-11-18-17(21)14-8-4-5-9-15(14)19-12-13-7-3-6-10-16(13)20(22)23/h2-10,19H,1,11-12H2,(H,18,21). The van der Waals surface area contributed by atoms with E-state index in [2.05, 4.69) is 17.2 Å². The summed E-state index contributed by atoms with van der Waals surface area (Å²) in [5.41, 5.74) is 1.70. The fourth-order valence-electron chi connectivity index (χ4n) is 2.12. The third kappa shape index (κ3) is 4.16. The first-order valence-electron chi connectivity index (χ1n) is 7.07. The van der Waals surface area contributed by atoms with E-state index in [9.17, 15) is 14.9 Å². The molecule has 2 N–H and O–H groups in total. The van der Waals surface area contributed by atoms with E-state index in [4.69, 9.17) is 0 Å². The fourth-order valence-corrected chi connectivity index (χ4v) is 2.12. The number of hydrogen-bond donors (Lipinski definition) is 2. The number of amides is 1. The van der Waals surface area contributed by atoms with Crippen molar-refractivity contribution in [1.82, 2.24) is 5.32 Å². The molecule has 0 aliphatic heterocycles. The number of anilines is 1. The number of nitro benzene ring substituents is 1. The van der Waals surface area contributed by atoms with E-state index < -0.39 is 4.92 Å². The van der Waals surface area contributed by atoms with Crippen LogP contribution in [0.15, 0.2) is 61.2 Å². The van der Waals surface area contributed by atoms with Crippen molar-refractivity contribution >= 4 is 17.3 Å². The van der Waals surface area contributed by atoms with Gasteiger partial charge in [0.15, 0.2) is 0 Å². The molecule has 0 aliphatic rings. The van der Waals surface area contributed by atoms with Crippen molar-refractivity contribution in [3.8, 4) is 0 Å². The van der Waals surface area contributed by atoms with E-state index in [-0.39, 0.29) is 18.1 Å². The van der Waals surface area contributed by atoms with E-state index in [0.29, 0.717) is 23.4 Å². The topological polar surface area (TPSA) is 84.3 Å². The Balaban J connectivity index is 2.17. The van der Waals surface area contributed by atoms with Crippen LogP contribution in [0.1, 0.15) is 15.9 Å². The molecule has 6 heteroatoms. The summed E-state index contributed by atoms with van der Waals surface area (Å²) in [5, 5.41) is 16.8. The maximum Gasteiger partial charge on any atom is 0.274 e. The molecule has 0 radical (unpaired) electrons. The van der Waals surface area contributed by atoms with E-state index in [1.54, 1.807) is 48.5 Å². The summed E-state index contributed by atoms with van der Waals surface area (Å²) >= 11 is 0. The lowest BCUT2D eigenvalue weighted by Gasteiger charge is -2.12. The summed E-state index contributed by atoms with van der Waals surface area (Å²) < 4.78 is 0. The van der Waals surface area contributed by atoms with Gasteiger partial charge in [0.2, 0.25) is 0 Å². The lowest BCUT2D eigenvalue weighted by molar-refractivity contribution is -0.385. The average Bonchev–Trinajstić information content (AvgIpc) is 2.58. The zero-order chi connectivity index (χ0) is 16.7. The minimum atomic E-state index is -0.417. The summed E-state index contributed by atoms with van der Waals surface area (Å²) in [7, 11) is 0. The Morgan fingerprint density at radius 3 is 2.61 bits per heavy atom. The summed E-state index contributed by atoms with van der Waals surface area (Å²) in [6.07, 6.45) is 1.60. The third-order valence-electron chi connectivity index (χ3n) is 3.24. The zero-order valence-electron chi connectivity index (χ0n) is 12.5. The Bertz CT molecular complexity index is 729. The van der Waals surface area contributed by atoms with Gasteiger partial charge in [0.05, 0.1) is 10.5 Å². The van der Waals surface area contributed by atoms with Crippen molar-refractivity contribution in [2.45, 2.75) is 6.54 Å². The Morgan fingerprint density at radius 1 is 1.17 bits per heavy atom. The van der Waals surface area contributed by atoms with Gasteiger partial charge in [-0.3, -0.25) is 14.9 Å². The second-order valence-corrected chi connectivity index (χ2v) is 4.78. The van der Waals surface area contributed by atoms with Gasteiger partial charge in [-0.1, -0.05) is 36.4 Å². The van der Waals surface area contributed by atoms with Crippen LogP contribution in [0.25, 0.3) is 0 Å². The van der Waals surface area contributed by atoms with Crippen molar-refractivity contribution in [3.63, 3.8) is 0 Å². The number of rotatable bonds is 7. The Labute approximate surface area is 134 Å². The molecule has 0 aromatic heterocycles. The molecule has 118 valence electrons. The summed E-state index contributed by atoms with van der Waals surface area (Å²) in [6.45, 7) is 4.18. The molecular weight excluding hydrogens is 294 g/mol. The monoisotopic (exact) mass is 311 g/mol. The van der Waals surface area contributed by atoms with Gasteiger partial charge in [-0.25, -0.2) is 0 Å². The molecule has 23 heavy (non-hydrogen) atoms. The van der Waals surface area contributed by atoms with Gasteiger partial charge < -0.3 is 10.6 Å². The Kier molecular flexibility index (Phi) is 5.46. The average molecular weight is 311 g/mol. The molecule has 0 aliphatic carbocycles. The molecular formula is C17H17N3O3. The van der Waals surface area contributed by atoms with Gasteiger partial charge in [-0.15, -0.1) is 6.58 Å². The molecule has 2 aromatic rings. The first-order valence-corrected chi connectivity index (χ1v) is 7.07. The number of carbonyl (C=O) groups is 1. The van der Waals surface area contributed by atoms with Gasteiger partial charge in [0, 0.05) is 30.4 Å². The van der Waals surface area contributed by atoms with Gasteiger partial charge in [0.1, 0.15) is 0 Å². The molecule has 0 saturated carbocycles. The largest absolute Gasteiger partial charge is 0.380 e. The molecule has 0 saturated heterocycles. The second-order valence-electron chi connectivity index (χ2n) is 4.78. The van der Waals surface area contributed by atoms with Crippen LogP contribution in [0, 0.1) is 10.1 Å². The molecule has 0 unspecified atom stereocenters. The highest BCUT2D eigenvalue weighted by atomic mass is 16.6. The molecule has 0 fully saturated rings. The van der Waals surface area contributed by atoms with Crippen LogP contribution in [0.4, 0.5) is 11.4 Å². The van der Waals surface area contributed by atoms with Crippen LogP contribution >= 0.6 is 0 Å². The molecule has 0 bridgehead atoms. The number of carbonyl (C=O) groups excluding carboxylic acids is 1. The van der Waals surface area contributed by atoms with Gasteiger partial charge in [0.25, 0.3) is 11.6 Å². The SMILES string of the molecule is C=CCNC(=O)c1ccccc1NCc1ccccc1[N+](=O)[O-]. The number of nitrogens with zero attached hydrogens (tertiary/aromatic N) is 1. The van der Waals surface area contributed by atoms with Crippen LogP contribution < -0.4 is 10.6 Å². The number of para-hydroxylation sites is 2. The first kappa shape index (κ1) is 16.2. The summed E-state index contributed by atoms with van der Waals surface area (Å²) in [4.78, 5) is 22.7. The highest BCUT2D eigenvalue weighted by molar-refractivity contribution is 5.99. The number of hydrogen-bond acceptors (Lipinski definition) is 4. The molecule has 0 spiro atoms.